The van der Waals surface area contributed by atoms with E-state index in [1.54, 1.807) is 12.1 Å². The number of carboxylic acid groups (broad SMARTS) is 1. The molecule has 0 aliphatic rings. The first-order chi connectivity index (χ1) is 15.1. The van der Waals surface area contributed by atoms with Crippen LogP contribution in [0.5, 0.6) is 11.5 Å². The summed E-state index contributed by atoms with van der Waals surface area (Å²) < 4.78 is 11.5. The van der Waals surface area contributed by atoms with Crippen molar-refractivity contribution in [2.24, 2.45) is 0 Å². The van der Waals surface area contributed by atoms with Crippen molar-refractivity contribution in [1.29, 1.82) is 0 Å². The fourth-order valence-electron chi connectivity index (χ4n) is 3.25. The summed E-state index contributed by atoms with van der Waals surface area (Å²) in [6, 6.07) is 23.4. The Hall–Kier alpha value is -3.58. The Kier molecular flexibility index (Phi) is 6.04. The Morgan fingerprint density at radius 1 is 1.00 bits per heavy atom. The topological polar surface area (TPSA) is 84.4 Å². The molecule has 0 amide bonds. The lowest BCUT2D eigenvalue weighted by atomic mass is 10.1. The number of halogens is 1. The van der Waals surface area contributed by atoms with Crippen molar-refractivity contribution in [3.05, 3.63) is 77.3 Å². The largest absolute Gasteiger partial charge is 0.493 e. The van der Waals surface area contributed by atoms with Crippen LogP contribution in [0.25, 0.3) is 33.9 Å². The van der Waals surface area contributed by atoms with Crippen LogP contribution < -0.4 is 9.47 Å². The number of hydrogen-bond acceptors (Lipinski definition) is 4. The highest BCUT2D eigenvalue weighted by Crippen LogP contribution is 2.40. The van der Waals surface area contributed by atoms with Gasteiger partial charge in [-0.15, -0.1) is 0 Å². The first kappa shape index (κ1) is 20.7. The third-order valence-corrected chi connectivity index (χ3v) is 5.33. The van der Waals surface area contributed by atoms with Gasteiger partial charge in [-0.1, -0.05) is 60.7 Å². The molecule has 0 unspecified atom stereocenters. The van der Waals surface area contributed by atoms with Crippen LogP contribution in [0.2, 0.25) is 0 Å². The number of aromatic nitrogens is 2. The second-order valence-corrected chi connectivity index (χ2v) is 7.56. The van der Waals surface area contributed by atoms with E-state index in [1.165, 1.54) is 7.11 Å². The van der Waals surface area contributed by atoms with Gasteiger partial charge in [0.05, 0.1) is 18.5 Å². The molecule has 156 valence electrons. The lowest BCUT2D eigenvalue weighted by Gasteiger charge is -2.12. The number of nitrogens with one attached hydrogen (secondary N) is 1. The van der Waals surface area contributed by atoms with Crippen LogP contribution in [0.3, 0.4) is 0 Å². The van der Waals surface area contributed by atoms with E-state index >= 15 is 0 Å². The third kappa shape index (κ3) is 4.46. The van der Waals surface area contributed by atoms with Crippen LogP contribution in [-0.2, 0) is 4.79 Å². The molecule has 3 aromatic carbocycles. The highest BCUT2D eigenvalue weighted by atomic mass is 79.9. The summed E-state index contributed by atoms with van der Waals surface area (Å²) in [5.74, 6) is 0.331. The molecule has 7 heteroatoms. The first-order valence-corrected chi connectivity index (χ1v) is 10.3. The van der Waals surface area contributed by atoms with E-state index in [0.717, 1.165) is 28.1 Å². The summed E-state index contributed by atoms with van der Waals surface area (Å²) in [6.07, 6.45) is 0. The minimum atomic E-state index is -1.06. The van der Waals surface area contributed by atoms with Gasteiger partial charge in [-0.2, -0.15) is 0 Å². The average Bonchev–Trinajstić information content (AvgIpc) is 3.24. The van der Waals surface area contributed by atoms with Crippen LogP contribution in [0.4, 0.5) is 0 Å². The van der Waals surface area contributed by atoms with Crippen molar-refractivity contribution in [3.8, 4) is 45.4 Å². The molecule has 0 aliphatic heterocycles. The number of imidazole rings is 1. The number of ether oxygens (including phenoxy) is 2. The Labute approximate surface area is 187 Å². The van der Waals surface area contributed by atoms with Gasteiger partial charge in [-0.05, 0) is 28.1 Å². The zero-order chi connectivity index (χ0) is 21.8. The maximum Gasteiger partial charge on any atom is 0.341 e. The molecule has 0 atom stereocenters. The molecule has 0 saturated carbocycles. The number of nitrogens with zero attached hydrogens (tertiary/aromatic N) is 1. The quantitative estimate of drug-likeness (QED) is 0.358. The van der Waals surface area contributed by atoms with Crippen molar-refractivity contribution in [3.63, 3.8) is 0 Å². The molecule has 0 bridgehead atoms. The average molecular weight is 479 g/mol. The first-order valence-electron chi connectivity index (χ1n) is 9.50. The van der Waals surface area contributed by atoms with Gasteiger partial charge < -0.3 is 19.6 Å². The van der Waals surface area contributed by atoms with Gasteiger partial charge in [-0.25, -0.2) is 9.78 Å². The van der Waals surface area contributed by atoms with Gasteiger partial charge in [-0.3, -0.25) is 0 Å². The SMILES string of the molecule is COc1cc(-c2nc(-c3ccccc3)c(-c3ccccc3)[nH]2)c(Br)cc1OCC(=O)O. The second kappa shape index (κ2) is 9.06. The molecular formula is C24H19BrN2O4. The number of aromatic amines is 1. The van der Waals surface area contributed by atoms with E-state index in [4.69, 9.17) is 19.6 Å². The predicted octanol–water partition coefficient (Wildman–Crippen LogP) is 5.65. The minimum absolute atomic E-state index is 0.332. The van der Waals surface area contributed by atoms with Gasteiger partial charge in [0.25, 0.3) is 0 Å². The summed E-state index contributed by atoms with van der Waals surface area (Å²) in [7, 11) is 1.51. The molecule has 0 aliphatic carbocycles. The molecule has 4 rings (SSSR count). The van der Waals surface area contributed by atoms with Crippen LogP contribution >= 0.6 is 15.9 Å². The lowest BCUT2D eigenvalue weighted by molar-refractivity contribution is -0.139. The number of rotatable bonds is 7. The highest BCUT2D eigenvalue weighted by Gasteiger charge is 2.19. The van der Waals surface area contributed by atoms with E-state index in [-0.39, 0.29) is 0 Å². The van der Waals surface area contributed by atoms with Crippen LogP contribution in [0, 0.1) is 0 Å². The zero-order valence-electron chi connectivity index (χ0n) is 16.6. The van der Waals surface area contributed by atoms with E-state index in [1.807, 2.05) is 60.7 Å². The highest BCUT2D eigenvalue weighted by molar-refractivity contribution is 9.10. The minimum Gasteiger partial charge on any atom is -0.493 e. The molecule has 2 N–H and O–H groups in total. The molecule has 0 fully saturated rings. The van der Waals surface area contributed by atoms with Crippen LogP contribution in [0.15, 0.2) is 77.3 Å². The number of carbonyl (C=O) groups is 1. The van der Waals surface area contributed by atoms with Crippen molar-refractivity contribution >= 4 is 21.9 Å². The zero-order valence-corrected chi connectivity index (χ0v) is 18.2. The van der Waals surface area contributed by atoms with Crippen molar-refractivity contribution < 1.29 is 19.4 Å². The number of H-pyrrole nitrogens is 1. The molecule has 31 heavy (non-hydrogen) atoms. The van der Waals surface area contributed by atoms with Gasteiger partial charge >= 0.3 is 5.97 Å². The summed E-state index contributed by atoms with van der Waals surface area (Å²) in [4.78, 5) is 19.2. The molecule has 1 aromatic heterocycles. The van der Waals surface area contributed by atoms with Crippen LogP contribution in [-0.4, -0.2) is 34.8 Å². The Balaban J connectivity index is 1.83. The Morgan fingerprint density at radius 2 is 1.65 bits per heavy atom. The number of carboxylic acids is 1. The fourth-order valence-corrected chi connectivity index (χ4v) is 3.76. The Bertz CT molecular complexity index is 1150. The number of methoxy groups -OCH3 is 1. The Morgan fingerprint density at radius 3 is 2.26 bits per heavy atom. The van der Waals surface area contributed by atoms with Crippen molar-refractivity contribution in [1.82, 2.24) is 9.97 Å². The predicted molar refractivity (Wildman–Crippen MR) is 122 cm³/mol. The molecule has 1 heterocycles. The van der Waals surface area contributed by atoms with Gasteiger partial charge in [0, 0.05) is 21.2 Å². The van der Waals surface area contributed by atoms with E-state index in [0.29, 0.717) is 21.8 Å². The molecule has 0 radical (unpaired) electrons. The van der Waals surface area contributed by atoms with Crippen molar-refractivity contribution in [2.45, 2.75) is 0 Å². The van der Waals surface area contributed by atoms with Crippen molar-refractivity contribution in [2.75, 3.05) is 13.7 Å². The molecule has 4 aromatic rings. The monoisotopic (exact) mass is 478 g/mol. The summed E-state index contributed by atoms with van der Waals surface area (Å²) in [5, 5.41) is 8.90. The molecule has 0 spiro atoms. The second-order valence-electron chi connectivity index (χ2n) is 6.71. The lowest BCUT2D eigenvalue weighted by Crippen LogP contribution is -2.10. The molecular weight excluding hydrogens is 460 g/mol. The van der Waals surface area contributed by atoms with Gasteiger partial charge in [0.1, 0.15) is 5.82 Å². The molecule has 0 saturated heterocycles. The molecule has 6 nitrogen and oxygen atoms in total. The van der Waals surface area contributed by atoms with Gasteiger partial charge in [0.2, 0.25) is 0 Å². The summed E-state index contributed by atoms with van der Waals surface area (Å²) in [6.45, 7) is -0.459. The fraction of sp³-hybridized carbons (Fsp3) is 0.0833. The summed E-state index contributed by atoms with van der Waals surface area (Å²) >= 11 is 3.56. The van der Waals surface area contributed by atoms with Gasteiger partial charge in [0.15, 0.2) is 18.1 Å². The van der Waals surface area contributed by atoms with E-state index in [2.05, 4.69) is 20.9 Å². The van der Waals surface area contributed by atoms with E-state index in [9.17, 15) is 4.79 Å². The number of benzene rings is 3. The smallest absolute Gasteiger partial charge is 0.341 e. The number of hydrogen-bond donors (Lipinski definition) is 2. The number of aliphatic carboxylic acids is 1. The normalized spacial score (nSPS) is 10.6. The third-order valence-electron chi connectivity index (χ3n) is 4.67. The van der Waals surface area contributed by atoms with E-state index < -0.39 is 12.6 Å². The maximum atomic E-state index is 10.9. The van der Waals surface area contributed by atoms with Crippen LogP contribution in [0.1, 0.15) is 0 Å². The standard InChI is InChI=1S/C24H19BrN2O4/c1-30-19-12-17(18(25)13-20(19)31-14-21(28)29)24-26-22(15-8-4-2-5-9-15)23(27-24)16-10-6-3-7-11-16/h2-13H,14H2,1H3,(H,26,27)(H,28,29). The summed E-state index contributed by atoms with van der Waals surface area (Å²) in [5.41, 5.74) is 4.51. The maximum absolute atomic E-state index is 10.9.